The van der Waals surface area contributed by atoms with Crippen LogP contribution in [0.3, 0.4) is 0 Å². The van der Waals surface area contributed by atoms with Crippen molar-refractivity contribution in [2.24, 2.45) is 5.73 Å². The van der Waals surface area contributed by atoms with E-state index in [9.17, 15) is 9.59 Å². The van der Waals surface area contributed by atoms with Crippen LogP contribution >= 0.6 is 0 Å². The summed E-state index contributed by atoms with van der Waals surface area (Å²) in [6.45, 7) is -0.362. The fourth-order valence-corrected chi connectivity index (χ4v) is 1.29. The Hall–Kier alpha value is -2.44. The maximum atomic E-state index is 10.9. The summed E-state index contributed by atoms with van der Waals surface area (Å²) in [7, 11) is 2.69. The van der Waals surface area contributed by atoms with E-state index in [0.717, 1.165) is 0 Å². The van der Waals surface area contributed by atoms with E-state index in [1.165, 1.54) is 26.4 Å². The molecule has 0 aliphatic carbocycles. The molecule has 0 aliphatic rings. The van der Waals surface area contributed by atoms with Gasteiger partial charge in [0.05, 0.1) is 19.8 Å². The number of nitrogens with two attached hydrogens (primary N) is 1. The average Bonchev–Trinajstić information content (AvgIpc) is 2.34. The molecule has 98 valence electrons. The monoisotopic (exact) mass is 255 g/mol. The van der Waals surface area contributed by atoms with Gasteiger partial charge in [-0.2, -0.15) is 0 Å². The molecule has 0 radical (unpaired) electrons. The van der Waals surface area contributed by atoms with Crippen LogP contribution in [0, 0.1) is 0 Å². The summed E-state index contributed by atoms with van der Waals surface area (Å²) in [5.41, 5.74) is 4.94. The molecule has 7 nitrogen and oxygen atoms in total. The van der Waals surface area contributed by atoms with Crippen molar-refractivity contribution in [3.05, 3.63) is 17.7 Å². The molecule has 0 atom stereocenters. The van der Waals surface area contributed by atoms with Crippen molar-refractivity contribution in [3.8, 4) is 17.2 Å². The number of aromatic carboxylic acids is 1. The Morgan fingerprint density at radius 3 is 2.06 bits per heavy atom. The molecule has 0 saturated carbocycles. The standard InChI is InChI=1S/C11H13NO6/c1-16-7-3-6(11(14)15)4-8(17-2)10(7)18-5-9(12)13/h3-4H,5H2,1-2H3,(H2,12,13)(H,14,15). The largest absolute Gasteiger partial charge is 0.493 e. The lowest BCUT2D eigenvalue weighted by Crippen LogP contribution is -2.20. The predicted molar refractivity (Wildman–Crippen MR) is 61.2 cm³/mol. The third-order valence-electron chi connectivity index (χ3n) is 2.07. The molecule has 0 heterocycles. The summed E-state index contributed by atoms with van der Waals surface area (Å²) >= 11 is 0. The van der Waals surface area contributed by atoms with Crippen LogP contribution in [-0.2, 0) is 4.79 Å². The number of carbonyl (C=O) groups is 2. The second kappa shape index (κ2) is 5.76. The van der Waals surface area contributed by atoms with Gasteiger partial charge in [-0.1, -0.05) is 0 Å². The van der Waals surface area contributed by atoms with Crippen LogP contribution in [0.15, 0.2) is 12.1 Å². The Labute approximate surface area is 103 Å². The van der Waals surface area contributed by atoms with Crippen LogP contribution in [0.2, 0.25) is 0 Å². The molecule has 1 rings (SSSR count). The minimum absolute atomic E-state index is 0.0184. The lowest BCUT2D eigenvalue weighted by molar-refractivity contribution is -0.120. The highest BCUT2D eigenvalue weighted by molar-refractivity contribution is 5.89. The van der Waals surface area contributed by atoms with E-state index in [-0.39, 0.29) is 29.4 Å². The number of amides is 1. The Kier molecular flexibility index (Phi) is 4.36. The van der Waals surface area contributed by atoms with E-state index in [0.29, 0.717) is 0 Å². The number of carboxylic acids is 1. The Balaban J connectivity index is 3.21. The first kappa shape index (κ1) is 13.6. The van der Waals surface area contributed by atoms with Crippen LogP contribution in [0.4, 0.5) is 0 Å². The maximum absolute atomic E-state index is 10.9. The van der Waals surface area contributed by atoms with Crippen molar-refractivity contribution in [2.75, 3.05) is 20.8 Å². The first-order chi connectivity index (χ1) is 8.49. The lowest BCUT2D eigenvalue weighted by atomic mass is 10.2. The van der Waals surface area contributed by atoms with Gasteiger partial charge in [0, 0.05) is 0 Å². The molecule has 0 fully saturated rings. The SMILES string of the molecule is COc1cc(C(=O)O)cc(OC)c1OCC(N)=O. The number of rotatable bonds is 6. The first-order valence-corrected chi connectivity index (χ1v) is 4.90. The molecule has 0 aliphatic heterocycles. The van der Waals surface area contributed by atoms with Gasteiger partial charge in [0.25, 0.3) is 5.91 Å². The number of hydrogen-bond donors (Lipinski definition) is 2. The van der Waals surface area contributed by atoms with Gasteiger partial charge < -0.3 is 25.1 Å². The fraction of sp³-hybridized carbons (Fsp3) is 0.273. The highest BCUT2D eigenvalue weighted by atomic mass is 16.5. The van der Waals surface area contributed by atoms with E-state index in [2.05, 4.69) is 0 Å². The van der Waals surface area contributed by atoms with Gasteiger partial charge in [-0.05, 0) is 12.1 Å². The summed E-state index contributed by atoms with van der Waals surface area (Å²) in [5, 5.41) is 8.91. The molecular formula is C11H13NO6. The minimum Gasteiger partial charge on any atom is -0.493 e. The van der Waals surface area contributed by atoms with Gasteiger partial charge in [0.1, 0.15) is 0 Å². The van der Waals surface area contributed by atoms with E-state index < -0.39 is 11.9 Å². The van der Waals surface area contributed by atoms with Gasteiger partial charge >= 0.3 is 5.97 Å². The number of carboxylic acid groups (broad SMARTS) is 1. The fourth-order valence-electron chi connectivity index (χ4n) is 1.29. The van der Waals surface area contributed by atoms with E-state index in [1.54, 1.807) is 0 Å². The van der Waals surface area contributed by atoms with Crippen LogP contribution in [0.1, 0.15) is 10.4 Å². The third kappa shape index (κ3) is 3.03. The van der Waals surface area contributed by atoms with Gasteiger partial charge in [0.15, 0.2) is 18.1 Å². The molecule has 0 bridgehead atoms. The average molecular weight is 255 g/mol. The van der Waals surface area contributed by atoms with Crippen LogP contribution in [0.5, 0.6) is 17.2 Å². The number of benzene rings is 1. The topological polar surface area (TPSA) is 108 Å². The van der Waals surface area contributed by atoms with Crippen molar-refractivity contribution in [1.29, 1.82) is 0 Å². The number of hydrogen-bond acceptors (Lipinski definition) is 5. The zero-order valence-electron chi connectivity index (χ0n) is 9.93. The smallest absolute Gasteiger partial charge is 0.335 e. The van der Waals surface area contributed by atoms with E-state index >= 15 is 0 Å². The molecule has 1 aromatic carbocycles. The van der Waals surface area contributed by atoms with Crippen molar-refractivity contribution in [2.45, 2.75) is 0 Å². The van der Waals surface area contributed by atoms with Crippen molar-refractivity contribution < 1.29 is 28.9 Å². The highest BCUT2D eigenvalue weighted by Crippen LogP contribution is 2.38. The van der Waals surface area contributed by atoms with E-state index in [4.69, 9.17) is 25.1 Å². The summed E-state index contributed by atoms with van der Waals surface area (Å²) in [6.07, 6.45) is 0. The zero-order valence-corrected chi connectivity index (χ0v) is 9.93. The normalized spacial score (nSPS) is 9.67. The Morgan fingerprint density at radius 1 is 1.22 bits per heavy atom. The Bertz CT molecular complexity index is 446. The number of primary amides is 1. The molecular weight excluding hydrogens is 242 g/mol. The first-order valence-electron chi connectivity index (χ1n) is 4.90. The van der Waals surface area contributed by atoms with Crippen LogP contribution in [-0.4, -0.2) is 37.8 Å². The highest BCUT2D eigenvalue weighted by Gasteiger charge is 2.17. The molecule has 0 saturated heterocycles. The third-order valence-corrected chi connectivity index (χ3v) is 2.07. The molecule has 0 aromatic heterocycles. The predicted octanol–water partition coefficient (Wildman–Crippen LogP) is 0.266. The van der Waals surface area contributed by atoms with Crippen molar-refractivity contribution in [1.82, 2.24) is 0 Å². The second-order valence-electron chi connectivity index (χ2n) is 3.27. The molecule has 3 N–H and O–H groups in total. The zero-order chi connectivity index (χ0) is 13.7. The molecule has 0 spiro atoms. The summed E-state index contributed by atoms with van der Waals surface area (Å²) in [4.78, 5) is 21.6. The van der Waals surface area contributed by atoms with Gasteiger partial charge in [-0.15, -0.1) is 0 Å². The van der Waals surface area contributed by atoms with Crippen LogP contribution in [0.25, 0.3) is 0 Å². The van der Waals surface area contributed by atoms with Gasteiger partial charge in [-0.3, -0.25) is 4.79 Å². The summed E-state index contributed by atoms with van der Waals surface area (Å²) in [5.74, 6) is -1.38. The summed E-state index contributed by atoms with van der Waals surface area (Å²) in [6, 6.07) is 2.53. The molecule has 18 heavy (non-hydrogen) atoms. The quantitative estimate of drug-likeness (QED) is 0.755. The van der Waals surface area contributed by atoms with Crippen LogP contribution < -0.4 is 19.9 Å². The van der Waals surface area contributed by atoms with E-state index in [1.807, 2.05) is 0 Å². The minimum atomic E-state index is -1.13. The van der Waals surface area contributed by atoms with Crippen molar-refractivity contribution in [3.63, 3.8) is 0 Å². The van der Waals surface area contributed by atoms with Crippen molar-refractivity contribution >= 4 is 11.9 Å². The van der Waals surface area contributed by atoms with Gasteiger partial charge in [-0.25, -0.2) is 4.79 Å². The second-order valence-corrected chi connectivity index (χ2v) is 3.27. The number of carbonyl (C=O) groups excluding carboxylic acids is 1. The molecule has 1 amide bonds. The number of methoxy groups -OCH3 is 2. The Morgan fingerprint density at radius 2 is 1.72 bits per heavy atom. The van der Waals surface area contributed by atoms with Gasteiger partial charge in [0.2, 0.25) is 5.75 Å². The maximum Gasteiger partial charge on any atom is 0.335 e. The molecule has 1 aromatic rings. The number of ether oxygens (including phenoxy) is 3. The molecule has 7 heteroatoms. The summed E-state index contributed by atoms with van der Waals surface area (Å²) < 4.78 is 15.1. The lowest BCUT2D eigenvalue weighted by Gasteiger charge is -2.14. The molecule has 0 unspecified atom stereocenters.